The summed E-state index contributed by atoms with van der Waals surface area (Å²) in [6, 6.07) is 7.33. The number of H-pyrrole nitrogens is 1. The minimum absolute atomic E-state index is 0.289. The van der Waals surface area contributed by atoms with Crippen molar-refractivity contribution >= 4 is 22.8 Å². The van der Waals surface area contributed by atoms with E-state index in [1.54, 1.807) is 46.0 Å². The summed E-state index contributed by atoms with van der Waals surface area (Å²) in [6.07, 6.45) is 1.77. The lowest BCUT2D eigenvalue weighted by Crippen LogP contribution is -2.57. The number of amides is 1. The van der Waals surface area contributed by atoms with Gasteiger partial charge in [0.05, 0.1) is 22.0 Å². The van der Waals surface area contributed by atoms with Crippen molar-refractivity contribution in [1.82, 2.24) is 10.3 Å². The van der Waals surface area contributed by atoms with E-state index in [4.69, 9.17) is 0 Å². The number of fused-ring (bicyclic) bond motifs is 1. The van der Waals surface area contributed by atoms with Crippen molar-refractivity contribution in [2.75, 3.05) is 0 Å². The predicted octanol–water partition coefficient (Wildman–Crippen LogP) is 2.79. The smallest absolute Gasteiger partial charge is 0.311 e. The Bertz CT molecular complexity index is 698. The SMILES string of the molecule is CC(C)(NC(=O)c1cccc2cc[nH]c12)C(C)(C)C(=O)O. The quantitative estimate of drug-likeness (QED) is 0.809. The number of benzene rings is 1. The molecule has 1 amide bonds. The van der Waals surface area contributed by atoms with Crippen LogP contribution in [0.5, 0.6) is 0 Å². The number of carboxylic acids is 1. The highest BCUT2D eigenvalue weighted by molar-refractivity contribution is 6.06. The maximum atomic E-state index is 12.5. The summed E-state index contributed by atoms with van der Waals surface area (Å²) in [7, 11) is 0. The fourth-order valence-electron chi connectivity index (χ4n) is 2.05. The maximum Gasteiger partial charge on any atom is 0.311 e. The van der Waals surface area contributed by atoms with Gasteiger partial charge in [-0.1, -0.05) is 12.1 Å². The van der Waals surface area contributed by atoms with E-state index in [0.717, 1.165) is 10.9 Å². The van der Waals surface area contributed by atoms with Crippen molar-refractivity contribution in [3.63, 3.8) is 0 Å². The molecule has 0 aliphatic carbocycles. The molecule has 3 N–H and O–H groups in total. The summed E-state index contributed by atoms with van der Waals surface area (Å²) in [5, 5.41) is 13.1. The van der Waals surface area contributed by atoms with Crippen molar-refractivity contribution < 1.29 is 14.7 Å². The first kappa shape index (κ1) is 15.1. The number of aliphatic carboxylic acids is 1. The summed E-state index contributed by atoms with van der Waals surface area (Å²) < 4.78 is 0. The molecule has 1 heterocycles. The molecule has 2 rings (SSSR count). The topological polar surface area (TPSA) is 82.2 Å². The van der Waals surface area contributed by atoms with Gasteiger partial charge in [-0.3, -0.25) is 9.59 Å². The zero-order chi connectivity index (χ0) is 15.8. The Balaban J connectivity index is 2.34. The van der Waals surface area contributed by atoms with E-state index < -0.39 is 16.9 Å². The van der Waals surface area contributed by atoms with E-state index in [1.165, 1.54) is 0 Å². The summed E-state index contributed by atoms with van der Waals surface area (Å²) in [4.78, 5) is 27.0. The molecule has 0 fully saturated rings. The molecule has 5 heteroatoms. The Hall–Kier alpha value is -2.30. The molecule has 0 aliphatic heterocycles. The molecule has 0 radical (unpaired) electrons. The van der Waals surface area contributed by atoms with Gasteiger partial charge >= 0.3 is 5.97 Å². The van der Waals surface area contributed by atoms with Crippen LogP contribution < -0.4 is 5.32 Å². The number of carbonyl (C=O) groups is 2. The van der Waals surface area contributed by atoms with E-state index in [2.05, 4.69) is 10.3 Å². The van der Waals surface area contributed by atoms with E-state index >= 15 is 0 Å². The van der Waals surface area contributed by atoms with Crippen LogP contribution >= 0.6 is 0 Å². The number of para-hydroxylation sites is 1. The molecule has 5 nitrogen and oxygen atoms in total. The van der Waals surface area contributed by atoms with Gasteiger partial charge in [0.2, 0.25) is 0 Å². The highest BCUT2D eigenvalue weighted by atomic mass is 16.4. The molecular formula is C16H20N2O3. The lowest BCUT2D eigenvalue weighted by molar-refractivity contribution is -0.150. The molecule has 0 bridgehead atoms. The average molecular weight is 288 g/mol. The van der Waals surface area contributed by atoms with Crippen molar-refractivity contribution in [3.05, 3.63) is 36.0 Å². The van der Waals surface area contributed by atoms with Gasteiger partial charge in [0.15, 0.2) is 0 Å². The van der Waals surface area contributed by atoms with Crippen LogP contribution in [-0.2, 0) is 4.79 Å². The largest absolute Gasteiger partial charge is 0.481 e. The first-order chi connectivity index (χ1) is 9.67. The molecule has 112 valence electrons. The van der Waals surface area contributed by atoms with Gasteiger partial charge in [0, 0.05) is 11.6 Å². The van der Waals surface area contributed by atoms with Crippen LogP contribution in [0, 0.1) is 5.41 Å². The van der Waals surface area contributed by atoms with Crippen LogP contribution in [0.3, 0.4) is 0 Å². The Labute approximate surface area is 123 Å². The highest BCUT2D eigenvalue weighted by Crippen LogP contribution is 2.31. The first-order valence-electron chi connectivity index (χ1n) is 6.79. The number of nitrogens with one attached hydrogen (secondary N) is 2. The Kier molecular flexibility index (Phi) is 3.53. The standard InChI is InChI=1S/C16H20N2O3/c1-15(2,14(20)21)16(3,4)18-13(19)11-7-5-6-10-8-9-17-12(10)11/h5-9,17H,1-4H3,(H,18,19)(H,20,21). The summed E-state index contributed by atoms with van der Waals surface area (Å²) in [6.45, 7) is 6.64. The first-order valence-corrected chi connectivity index (χ1v) is 6.79. The Morgan fingerprint density at radius 3 is 2.43 bits per heavy atom. The summed E-state index contributed by atoms with van der Waals surface area (Å²) in [5.74, 6) is -1.24. The van der Waals surface area contributed by atoms with Gasteiger partial charge in [-0.15, -0.1) is 0 Å². The molecule has 0 unspecified atom stereocenters. The molecule has 0 spiro atoms. The molecule has 0 saturated heterocycles. The molecule has 1 aromatic carbocycles. The lowest BCUT2D eigenvalue weighted by atomic mass is 9.74. The van der Waals surface area contributed by atoms with E-state index in [9.17, 15) is 14.7 Å². The van der Waals surface area contributed by atoms with Crippen molar-refractivity contribution in [1.29, 1.82) is 0 Å². The van der Waals surface area contributed by atoms with E-state index in [0.29, 0.717) is 5.56 Å². The number of hydrogen-bond donors (Lipinski definition) is 3. The summed E-state index contributed by atoms with van der Waals surface area (Å²) >= 11 is 0. The normalized spacial score (nSPS) is 12.4. The third-order valence-corrected chi connectivity index (χ3v) is 4.36. The number of rotatable bonds is 4. The number of aromatic nitrogens is 1. The molecular weight excluding hydrogens is 268 g/mol. The van der Waals surface area contributed by atoms with Gasteiger partial charge in [-0.25, -0.2) is 0 Å². The second kappa shape index (κ2) is 4.91. The van der Waals surface area contributed by atoms with Crippen molar-refractivity contribution in [2.24, 2.45) is 5.41 Å². The molecule has 1 aromatic heterocycles. The lowest BCUT2D eigenvalue weighted by Gasteiger charge is -2.38. The number of carbonyl (C=O) groups excluding carboxylic acids is 1. The van der Waals surface area contributed by atoms with E-state index in [-0.39, 0.29) is 5.91 Å². The molecule has 21 heavy (non-hydrogen) atoms. The zero-order valence-electron chi connectivity index (χ0n) is 12.7. The number of hydrogen-bond acceptors (Lipinski definition) is 2. The van der Waals surface area contributed by atoms with Crippen molar-refractivity contribution in [3.8, 4) is 0 Å². The fraction of sp³-hybridized carbons (Fsp3) is 0.375. The van der Waals surface area contributed by atoms with Crippen LogP contribution in [0.15, 0.2) is 30.5 Å². The monoisotopic (exact) mass is 288 g/mol. The van der Waals surface area contributed by atoms with Gasteiger partial charge < -0.3 is 15.4 Å². The fourth-order valence-corrected chi connectivity index (χ4v) is 2.05. The maximum absolute atomic E-state index is 12.5. The third-order valence-electron chi connectivity index (χ3n) is 4.36. The number of aromatic amines is 1. The molecule has 2 aromatic rings. The molecule has 0 atom stereocenters. The minimum Gasteiger partial charge on any atom is -0.481 e. The van der Waals surface area contributed by atoms with Gasteiger partial charge in [-0.05, 0) is 39.8 Å². The number of carboxylic acid groups (broad SMARTS) is 1. The molecule has 0 saturated carbocycles. The van der Waals surface area contributed by atoms with Crippen LogP contribution in [0.2, 0.25) is 0 Å². The second-order valence-electron chi connectivity index (χ2n) is 6.26. The average Bonchev–Trinajstić information content (AvgIpc) is 2.85. The predicted molar refractivity (Wildman–Crippen MR) is 81.3 cm³/mol. The van der Waals surface area contributed by atoms with Crippen LogP contribution in [0.1, 0.15) is 38.1 Å². The highest BCUT2D eigenvalue weighted by Gasteiger charge is 2.44. The van der Waals surface area contributed by atoms with Gasteiger partial charge in [0.25, 0.3) is 5.91 Å². The minimum atomic E-state index is -1.09. The Morgan fingerprint density at radius 1 is 1.14 bits per heavy atom. The third kappa shape index (κ3) is 2.51. The van der Waals surface area contributed by atoms with Crippen molar-refractivity contribution in [2.45, 2.75) is 33.2 Å². The van der Waals surface area contributed by atoms with Crippen LogP contribution in [-0.4, -0.2) is 27.5 Å². The van der Waals surface area contributed by atoms with E-state index in [1.807, 2.05) is 12.1 Å². The Morgan fingerprint density at radius 2 is 1.81 bits per heavy atom. The van der Waals surface area contributed by atoms with Crippen LogP contribution in [0.4, 0.5) is 0 Å². The van der Waals surface area contributed by atoms with Gasteiger partial charge in [-0.2, -0.15) is 0 Å². The second-order valence-corrected chi connectivity index (χ2v) is 6.26. The summed E-state index contributed by atoms with van der Waals surface area (Å²) in [5.41, 5.74) is -0.734. The van der Waals surface area contributed by atoms with Crippen LogP contribution in [0.25, 0.3) is 10.9 Å². The molecule has 0 aliphatic rings. The van der Waals surface area contributed by atoms with Gasteiger partial charge in [0.1, 0.15) is 0 Å². The zero-order valence-corrected chi connectivity index (χ0v) is 12.7.